The molecule has 0 bridgehead atoms. The summed E-state index contributed by atoms with van der Waals surface area (Å²) in [7, 11) is -3.63. The van der Waals surface area contributed by atoms with E-state index in [1.54, 1.807) is 0 Å². The Morgan fingerprint density at radius 1 is 1.03 bits per heavy atom. The maximum Gasteiger partial charge on any atom is 0.251 e. The first kappa shape index (κ1) is 21.3. The normalized spacial score (nSPS) is 22.4. The minimum Gasteiger partial charge on any atom is -0.352 e. The molecule has 2 N–H and O–H groups in total. The van der Waals surface area contributed by atoms with E-state index in [4.69, 9.17) is 0 Å². The number of rotatable bonds is 8. The molecule has 7 nitrogen and oxygen atoms in total. The molecule has 2 atom stereocenters. The highest BCUT2D eigenvalue weighted by atomic mass is 32.2. The van der Waals surface area contributed by atoms with Crippen molar-refractivity contribution < 1.29 is 18.0 Å². The minimum absolute atomic E-state index is 0.0268. The van der Waals surface area contributed by atoms with Gasteiger partial charge in [-0.05, 0) is 54.2 Å². The predicted molar refractivity (Wildman–Crippen MR) is 117 cm³/mol. The summed E-state index contributed by atoms with van der Waals surface area (Å²) < 4.78 is 27.3. The Balaban J connectivity index is 1.31. The first-order valence-corrected chi connectivity index (χ1v) is 11.7. The van der Waals surface area contributed by atoms with Crippen LogP contribution >= 0.6 is 0 Å². The van der Waals surface area contributed by atoms with Crippen LogP contribution in [0.25, 0.3) is 0 Å². The Kier molecular flexibility index (Phi) is 5.93. The van der Waals surface area contributed by atoms with E-state index in [1.165, 1.54) is 34.6 Å². The van der Waals surface area contributed by atoms with Crippen molar-refractivity contribution in [3.8, 4) is 0 Å². The van der Waals surface area contributed by atoms with Gasteiger partial charge in [0.15, 0.2) is 0 Å². The Bertz CT molecular complexity index is 1070. The molecule has 8 heteroatoms. The number of hydrogen-bond donors (Lipinski definition) is 2. The molecule has 1 aliphatic heterocycles. The highest BCUT2D eigenvalue weighted by molar-refractivity contribution is 7.89. The molecule has 2 aliphatic rings. The summed E-state index contributed by atoms with van der Waals surface area (Å²) in [5.41, 5.74) is 1.56. The van der Waals surface area contributed by atoms with Gasteiger partial charge in [-0.1, -0.05) is 36.9 Å². The average molecular weight is 440 g/mol. The van der Waals surface area contributed by atoms with Gasteiger partial charge in [-0.2, -0.15) is 4.31 Å². The quantitative estimate of drug-likeness (QED) is 0.611. The summed E-state index contributed by atoms with van der Waals surface area (Å²) in [5.74, 6) is -0.170. The Labute approximate surface area is 182 Å². The number of piperidine rings is 1. The lowest BCUT2D eigenvalue weighted by Crippen LogP contribution is -2.37. The molecule has 0 aromatic heterocycles. The molecule has 2 unspecified atom stereocenters. The molecule has 1 saturated heterocycles. The number of sulfonamides is 1. The van der Waals surface area contributed by atoms with Crippen molar-refractivity contribution in [3.05, 3.63) is 78.4 Å². The Morgan fingerprint density at radius 3 is 2.29 bits per heavy atom. The molecule has 2 aromatic rings. The van der Waals surface area contributed by atoms with Gasteiger partial charge in [0.1, 0.15) is 0 Å². The Morgan fingerprint density at radius 2 is 1.68 bits per heavy atom. The van der Waals surface area contributed by atoms with Crippen LogP contribution in [-0.4, -0.2) is 50.2 Å². The monoisotopic (exact) mass is 439 g/mol. The predicted octanol–water partition coefficient (Wildman–Crippen LogP) is 1.58. The summed E-state index contributed by atoms with van der Waals surface area (Å²) in [6.07, 6.45) is 1.95. The van der Waals surface area contributed by atoms with E-state index in [-0.39, 0.29) is 34.6 Å². The number of carbonyl (C=O) groups excluding carboxylic acids is 2. The fourth-order valence-electron chi connectivity index (χ4n) is 4.12. The number of amides is 2. The molecule has 1 heterocycles. The standard InChI is InChI=1S/C23H25N3O4S/c1-2-21(27)25-22-19-14-26(15-20(19)22)31(29,30)18-10-8-17(9-11-18)23(28)24-13-12-16-6-4-3-5-7-16/h2-11,19-20,22H,1,12-15H2,(H,24,28)(H,25,27). The molecule has 0 spiro atoms. The van der Waals surface area contributed by atoms with Crippen molar-refractivity contribution in [1.29, 1.82) is 0 Å². The number of benzene rings is 2. The van der Waals surface area contributed by atoms with Crippen LogP contribution in [-0.2, 0) is 21.2 Å². The molecular weight excluding hydrogens is 414 g/mol. The average Bonchev–Trinajstić information content (AvgIpc) is 3.20. The lowest BCUT2D eigenvalue weighted by atomic mass is 10.1. The third-order valence-corrected chi connectivity index (χ3v) is 7.80. The van der Waals surface area contributed by atoms with Crippen LogP contribution in [0.4, 0.5) is 0 Å². The molecule has 1 saturated carbocycles. The second-order valence-corrected chi connectivity index (χ2v) is 9.84. The zero-order valence-corrected chi connectivity index (χ0v) is 17.8. The van der Waals surface area contributed by atoms with Gasteiger partial charge in [0.25, 0.3) is 5.91 Å². The molecule has 4 rings (SSSR count). The molecule has 2 amide bonds. The second-order valence-electron chi connectivity index (χ2n) is 7.90. The summed E-state index contributed by atoms with van der Waals surface area (Å²) in [5, 5.41) is 5.70. The van der Waals surface area contributed by atoms with Gasteiger partial charge < -0.3 is 10.6 Å². The fourth-order valence-corrected chi connectivity index (χ4v) is 5.63. The van der Waals surface area contributed by atoms with E-state index in [1.807, 2.05) is 30.3 Å². The smallest absolute Gasteiger partial charge is 0.251 e. The number of carbonyl (C=O) groups is 2. The minimum atomic E-state index is -3.63. The van der Waals surface area contributed by atoms with Gasteiger partial charge in [-0.25, -0.2) is 8.42 Å². The lowest BCUT2D eigenvalue weighted by Gasteiger charge is -2.20. The van der Waals surface area contributed by atoms with Crippen LogP contribution in [0, 0.1) is 11.8 Å². The number of fused-ring (bicyclic) bond motifs is 1. The summed E-state index contributed by atoms with van der Waals surface area (Å²) in [4.78, 5) is 23.9. The van der Waals surface area contributed by atoms with Gasteiger partial charge >= 0.3 is 0 Å². The highest BCUT2D eigenvalue weighted by Gasteiger charge is 2.58. The Hall–Kier alpha value is -2.97. The molecule has 162 valence electrons. The first-order valence-electron chi connectivity index (χ1n) is 10.3. The van der Waals surface area contributed by atoms with Crippen molar-refractivity contribution in [2.75, 3.05) is 19.6 Å². The molecule has 31 heavy (non-hydrogen) atoms. The maximum atomic E-state index is 12.9. The first-order chi connectivity index (χ1) is 14.9. The van der Waals surface area contributed by atoms with Gasteiger partial charge in [-0.15, -0.1) is 0 Å². The van der Waals surface area contributed by atoms with E-state index in [2.05, 4.69) is 17.2 Å². The van der Waals surface area contributed by atoms with Gasteiger partial charge in [-0.3, -0.25) is 9.59 Å². The molecular formula is C23H25N3O4S. The molecule has 2 fully saturated rings. The van der Waals surface area contributed by atoms with Crippen molar-refractivity contribution in [1.82, 2.24) is 14.9 Å². The number of nitrogens with zero attached hydrogens (tertiary/aromatic N) is 1. The molecule has 1 aliphatic carbocycles. The topological polar surface area (TPSA) is 95.6 Å². The zero-order chi connectivity index (χ0) is 22.0. The number of hydrogen-bond acceptors (Lipinski definition) is 4. The van der Waals surface area contributed by atoms with Gasteiger partial charge in [0, 0.05) is 31.2 Å². The SMILES string of the molecule is C=CC(=O)NC1C2CN(S(=O)(=O)c3ccc(C(=O)NCCc4ccccc4)cc3)CC21. The van der Waals surface area contributed by atoms with Crippen LogP contribution in [0.1, 0.15) is 15.9 Å². The maximum absolute atomic E-state index is 12.9. The summed E-state index contributed by atoms with van der Waals surface area (Å²) in [6, 6.07) is 15.9. The van der Waals surface area contributed by atoms with Crippen LogP contribution in [0.15, 0.2) is 72.1 Å². The van der Waals surface area contributed by atoms with E-state index in [0.717, 1.165) is 12.0 Å². The third-order valence-electron chi connectivity index (χ3n) is 5.95. The summed E-state index contributed by atoms with van der Waals surface area (Å²) in [6.45, 7) is 4.71. The van der Waals surface area contributed by atoms with Gasteiger partial charge in [0.05, 0.1) is 4.90 Å². The zero-order valence-electron chi connectivity index (χ0n) is 17.0. The number of nitrogens with one attached hydrogen (secondary N) is 2. The molecule has 0 radical (unpaired) electrons. The van der Waals surface area contributed by atoms with E-state index < -0.39 is 10.0 Å². The van der Waals surface area contributed by atoms with Crippen LogP contribution in [0.5, 0.6) is 0 Å². The second kappa shape index (κ2) is 8.64. The van der Waals surface area contributed by atoms with E-state index in [9.17, 15) is 18.0 Å². The molecule has 2 aromatic carbocycles. The highest BCUT2D eigenvalue weighted by Crippen LogP contribution is 2.47. The van der Waals surface area contributed by atoms with Crippen LogP contribution < -0.4 is 10.6 Å². The van der Waals surface area contributed by atoms with Crippen LogP contribution in [0.3, 0.4) is 0 Å². The van der Waals surface area contributed by atoms with Crippen molar-refractivity contribution in [3.63, 3.8) is 0 Å². The van der Waals surface area contributed by atoms with E-state index >= 15 is 0 Å². The van der Waals surface area contributed by atoms with Crippen molar-refractivity contribution in [2.45, 2.75) is 17.4 Å². The van der Waals surface area contributed by atoms with Gasteiger partial charge in [0.2, 0.25) is 15.9 Å². The van der Waals surface area contributed by atoms with Crippen molar-refractivity contribution >= 4 is 21.8 Å². The van der Waals surface area contributed by atoms with E-state index in [0.29, 0.717) is 25.2 Å². The third kappa shape index (κ3) is 4.55. The van der Waals surface area contributed by atoms with Crippen LogP contribution in [0.2, 0.25) is 0 Å². The fraction of sp³-hybridized carbons (Fsp3) is 0.304. The van der Waals surface area contributed by atoms with Crippen molar-refractivity contribution in [2.24, 2.45) is 11.8 Å². The summed E-state index contributed by atoms with van der Waals surface area (Å²) >= 11 is 0. The largest absolute Gasteiger partial charge is 0.352 e. The lowest BCUT2D eigenvalue weighted by molar-refractivity contribution is -0.116.